The van der Waals surface area contributed by atoms with E-state index in [1.54, 1.807) is 4.90 Å². The largest absolute Gasteiger partial charge is 0.453 e. The number of alkyl carbamates (subject to hydrolysis) is 1. The quantitative estimate of drug-likeness (QED) is 0.164. The van der Waals surface area contributed by atoms with Crippen molar-refractivity contribution < 1.29 is 28.7 Å². The second-order valence-corrected chi connectivity index (χ2v) is 18.4. The molecule has 3 aromatic rings. The number of ether oxygens (including phenoxy) is 1. The van der Waals surface area contributed by atoms with Crippen molar-refractivity contribution in [2.75, 3.05) is 20.2 Å². The molecule has 60 heavy (non-hydrogen) atoms. The molecule has 2 heterocycles. The van der Waals surface area contributed by atoms with Crippen molar-refractivity contribution >= 4 is 40.6 Å². The summed E-state index contributed by atoms with van der Waals surface area (Å²) >= 11 is 0. The summed E-state index contributed by atoms with van der Waals surface area (Å²) in [7, 11) is 1.27. The van der Waals surface area contributed by atoms with Gasteiger partial charge in [0.05, 0.1) is 19.2 Å². The van der Waals surface area contributed by atoms with E-state index in [0.717, 1.165) is 48.8 Å². The Bertz CT molecular complexity index is 2080. The number of amides is 3. The predicted molar refractivity (Wildman–Crippen MR) is 235 cm³/mol. The van der Waals surface area contributed by atoms with Crippen molar-refractivity contribution in [2.24, 2.45) is 17.8 Å². The zero-order chi connectivity index (χ0) is 42.7. The molecule has 4 aliphatic rings. The van der Waals surface area contributed by atoms with E-state index in [2.05, 4.69) is 79.8 Å². The smallest absolute Gasteiger partial charge is 0.407 e. The monoisotopic (exact) mass is 813 g/mol. The van der Waals surface area contributed by atoms with Crippen LogP contribution in [0.1, 0.15) is 131 Å². The van der Waals surface area contributed by atoms with Gasteiger partial charge < -0.3 is 19.9 Å². The van der Waals surface area contributed by atoms with Crippen molar-refractivity contribution in [3.63, 3.8) is 0 Å². The van der Waals surface area contributed by atoms with E-state index in [4.69, 9.17) is 4.74 Å². The minimum Gasteiger partial charge on any atom is -0.453 e. The number of hydrogen-bond acceptors (Lipinski definition) is 6. The molecular formula is C51H63N3O6. The fourth-order valence-corrected chi connectivity index (χ4v) is 9.62. The van der Waals surface area contributed by atoms with E-state index in [0.29, 0.717) is 31.8 Å². The van der Waals surface area contributed by atoms with Gasteiger partial charge in [-0.25, -0.2) is 4.79 Å². The minimum atomic E-state index is -0.764. The molecule has 1 saturated carbocycles. The molecule has 0 radical (unpaired) electrons. The van der Waals surface area contributed by atoms with E-state index in [9.17, 15) is 24.0 Å². The van der Waals surface area contributed by atoms with Gasteiger partial charge >= 0.3 is 6.09 Å². The average Bonchev–Trinajstić information content (AvgIpc) is 3.58. The Labute approximate surface area is 356 Å². The number of nitrogens with zero attached hydrogens (tertiary/aromatic N) is 2. The number of nitrogens with one attached hydrogen (secondary N) is 1. The molecule has 9 heteroatoms. The van der Waals surface area contributed by atoms with Crippen LogP contribution in [-0.2, 0) is 36.8 Å². The highest BCUT2D eigenvalue weighted by molar-refractivity contribution is 5.97. The second-order valence-electron chi connectivity index (χ2n) is 18.4. The van der Waals surface area contributed by atoms with E-state index >= 15 is 0 Å². The van der Waals surface area contributed by atoms with Gasteiger partial charge in [0, 0.05) is 37.8 Å². The number of carbonyl (C=O) groups is 5. The molecule has 3 amide bonds. The fourth-order valence-electron chi connectivity index (χ4n) is 9.62. The normalized spacial score (nSPS) is 21.4. The van der Waals surface area contributed by atoms with Crippen molar-refractivity contribution in [2.45, 2.75) is 129 Å². The maximum Gasteiger partial charge on any atom is 0.407 e. The van der Waals surface area contributed by atoms with Crippen molar-refractivity contribution in [3.05, 3.63) is 106 Å². The number of ketones is 2. The Hall–Kier alpha value is -5.05. The molecule has 3 aromatic carbocycles. The first kappa shape index (κ1) is 43.1. The highest BCUT2D eigenvalue weighted by Crippen LogP contribution is 2.49. The lowest BCUT2D eigenvalue weighted by Gasteiger charge is -2.30. The molecule has 0 spiro atoms. The molecule has 3 fully saturated rings. The summed E-state index contributed by atoms with van der Waals surface area (Å²) in [6.07, 6.45) is 7.23. The number of benzene rings is 3. The molecule has 0 bridgehead atoms. The lowest BCUT2D eigenvalue weighted by atomic mass is 9.85. The van der Waals surface area contributed by atoms with E-state index < -0.39 is 18.2 Å². The van der Waals surface area contributed by atoms with Crippen LogP contribution < -0.4 is 5.32 Å². The zero-order valence-electron chi connectivity index (χ0n) is 36.4. The number of allylic oxidation sites excluding steroid dienone is 2. The molecule has 2 aliphatic heterocycles. The summed E-state index contributed by atoms with van der Waals surface area (Å²) in [6, 6.07) is 24.5. The summed E-state index contributed by atoms with van der Waals surface area (Å²) in [5.41, 5.74) is 9.52. The van der Waals surface area contributed by atoms with Crippen LogP contribution in [0.25, 0.3) is 11.1 Å². The summed E-state index contributed by atoms with van der Waals surface area (Å²) in [4.78, 5) is 69.6. The standard InChI is InChI=1S/C51H63N3O6/c1-31(2)33(5)49(57)53-27-7-9-43(53)45(55)29-34-11-15-38(16-12-34)41-25-26-42(47(41)40-23-21-37(22-24-40)36-19-20-36)39-17-13-35(14-18-39)30-46(56)44-10-8-28-54(44)50(58)48(32(3)4)52-51(59)60-6/h11-18,21-24,31-33,36,41,43-44,48H,7-10,19-20,25-30H2,1-6H3,(H,52,59)/t33-,41?,43?,44?,48-/m0/s1. The number of hydrogen-bond donors (Lipinski definition) is 1. The SMILES string of the molecule is COC(=O)N[C@H](C(=O)N1CCCC1C(=O)Cc1ccc(C2=C(c3ccc(C4CC4)cc3)C(c3ccc(CC(=O)C4CCCN4C(=O)[C@@H](C)C(C)C)cc3)CC2)cc1)C(C)C. The Kier molecular flexibility index (Phi) is 13.4. The highest BCUT2D eigenvalue weighted by Gasteiger charge is 2.39. The fraction of sp³-hybridized carbons (Fsp3) is 0.510. The van der Waals surface area contributed by atoms with Crippen molar-refractivity contribution in [1.29, 1.82) is 0 Å². The van der Waals surface area contributed by atoms with Gasteiger partial charge in [0.25, 0.3) is 0 Å². The Balaban J connectivity index is 1.08. The predicted octanol–water partition coefficient (Wildman–Crippen LogP) is 8.93. The van der Waals surface area contributed by atoms with Gasteiger partial charge in [0.2, 0.25) is 11.8 Å². The number of Topliss-reactive ketones (excluding diaryl/α,β-unsaturated/α-hetero) is 2. The van der Waals surface area contributed by atoms with Gasteiger partial charge in [0.1, 0.15) is 6.04 Å². The zero-order valence-corrected chi connectivity index (χ0v) is 36.4. The molecule has 3 unspecified atom stereocenters. The van der Waals surface area contributed by atoms with E-state index in [1.807, 2.05) is 37.8 Å². The van der Waals surface area contributed by atoms with Crippen LogP contribution >= 0.6 is 0 Å². The van der Waals surface area contributed by atoms with Crippen molar-refractivity contribution in [3.8, 4) is 0 Å². The lowest BCUT2D eigenvalue weighted by molar-refractivity contribution is -0.141. The summed E-state index contributed by atoms with van der Waals surface area (Å²) in [5.74, 6) is 0.813. The summed E-state index contributed by atoms with van der Waals surface area (Å²) in [6.45, 7) is 11.0. The highest BCUT2D eigenvalue weighted by atomic mass is 16.5. The first-order chi connectivity index (χ1) is 28.8. The third-order valence-electron chi connectivity index (χ3n) is 13.7. The molecule has 9 nitrogen and oxygen atoms in total. The number of carbonyl (C=O) groups excluding carboxylic acids is 5. The van der Waals surface area contributed by atoms with Gasteiger partial charge in [0.15, 0.2) is 11.6 Å². The molecule has 2 aliphatic carbocycles. The average molecular weight is 814 g/mol. The molecule has 5 atom stereocenters. The third-order valence-corrected chi connectivity index (χ3v) is 13.7. The topological polar surface area (TPSA) is 113 Å². The lowest BCUT2D eigenvalue weighted by Crippen LogP contribution is -2.53. The molecular weight excluding hydrogens is 751 g/mol. The van der Waals surface area contributed by atoms with Gasteiger partial charge in [-0.1, -0.05) is 107 Å². The van der Waals surface area contributed by atoms with Crippen LogP contribution in [0, 0.1) is 17.8 Å². The molecule has 2 saturated heterocycles. The molecule has 318 valence electrons. The minimum absolute atomic E-state index is 0.00527. The number of methoxy groups -OCH3 is 1. The van der Waals surface area contributed by atoms with Crippen LogP contribution in [-0.4, -0.2) is 77.6 Å². The number of likely N-dealkylation sites (tertiary alicyclic amines) is 2. The van der Waals surface area contributed by atoms with Gasteiger partial charge in [-0.15, -0.1) is 0 Å². The van der Waals surface area contributed by atoms with Crippen LogP contribution in [0.5, 0.6) is 0 Å². The van der Waals surface area contributed by atoms with Crippen molar-refractivity contribution in [1.82, 2.24) is 15.1 Å². The third kappa shape index (κ3) is 9.45. The van der Waals surface area contributed by atoms with Gasteiger partial charge in [-0.05, 0) is 114 Å². The summed E-state index contributed by atoms with van der Waals surface area (Å²) in [5, 5.41) is 2.66. The molecule has 1 N–H and O–H groups in total. The van der Waals surface area contributed by atoms with E-state index in [1.165, 1.54) is 47.8 Å². The first-order valence-electron chi connectivity index (χ1n) is 22.4. The molecule has 7 rings (SSSR count). The van der Waals surface area contributed by atoms with E-state index in [-0.39, 0.29) is 59.5 Å². The number of rotatable bonds is 15. The molecule has 0 aromatic heterocycles. The van der Waals surface area contributed by atoms with Crippen LogP contribution in [0.2, 0.25) is 0 Å². The Morgan fingerprint density at radius 2 is 1.15 bits per heavy atom. The van der Waals surface area contributed by atoms with Gasteiger partial charge in [-0.2, -0.15) is 0 Å². The van der Waals surface area contributed by atoms with Crippen LogP contribution in [0.15, 0.2) is 72.8 Å². The maximum absolute atomic E-state index is 13.7. The maximum atomic E-state index is 13.7. The Morgan fingerprint density at radius 3 is 1.67 bits per heavy atom. The Morgan fingerprint density at radius 1 is 0.633 bits per heavy atom. The van der Waals surface area contributed by atoms with Crippen LogP contribution in [0.4, 0.5) is 4.79 Å². The second kappa shape index (κ2) is 18.7. The first-order valence-corrected chi connectivity index (χ1v) is 22.4. The van der Waals surface area contributed by atoms with Crippen LogP contribution in [0.3, 0.4) is 0 Å². The van der Waals surface area contributed by atoms with Gasteiger partial charge in [-0.3, -0.25) is 19.2 Å². The summed E-state index contributed by atoms with van der Waals surface area (Å²) < 4.78 is 4.76.